The summed E-state index contributed by atoms with van der Waals surface area (Å²) in [7, 11) is 0. The summed E-state index contributed by atoms with van der Waals surface area (Å²) >= 11 is 7.13. The molecular weight excluding hydrogens is 398 g/mol. The van der Waals surface area contributed by atoms with Gasteiger partial charge in [-0.3, -0.25) is 14.2 Å². The van der Waals surface area contributed by atoms with Crippen molar-refractivity contribution in [2.75, 3.05) is 11.1 Å². The average molecular weight is 416 g/mol. The van der Waals surface area contributed by atoms with Crippen molar-refractivity contribution >= 4 is 35.0 Å². The molecule has 28 heavy (non-hydrogen) atoms. The molecule has 0 fully saturated rings. The van der Waals surface area contributed by atoms with Crippen LogP contribution >= 0.6 is 23.4 Å². The first-order chi connectivity index (χ1) is 13.3. The third kappa shape index (κ3) is 4.55. The van der Waals surface area contributed by atoms with Gasteiger partial charge in [0.05, 0.1) is 17.5 Å². The van der Waals surface area contributed by atoms with E-state index >= 15 is 0 Å². The molecule has 8 heteroatoms. The smallest absolute Gasteiger partial charge is 0.262 e. The van der Waals surface area contributed by atoms with Crippen LogP contribution in [0.3, 0.4) is 0 Å². The predicted molar refractivity (Wildman–Crippen MR) is 112 cm³/mol. The first-order valence-corrected chi connectivity index (χ1v) is 9.79. The van der Waals surface area contributed by atoms with E-state index in [4.69, 9.17) is 11.6 Å². The van der Waals surface area contributed by atoms with Crippen molar-refractivity contribution in [3.63, 3.8) is 0 Å². The molecule has 0 aliphatic rings. The van der Waals surface area contributed by atoms with Gasteiger partial charge in [-0.25, -0.2) is 0 Å². The fraction of sp³-hybridized carbons (Fsp3) is 0.150. The molecule has 0 bridgehead atoms. The van der Waals surface area contributed by atoms with Crippen molar-refractivity contribution in [2.45, 2.75) is 19.0 Å². The molecule has 1 amide bonds. The van der Waals surface area contributed by atoms with E-state index in [1.165, 1.54) is 4.57 Å². The van der Waals surface area contributed by atoms with E-state index in [-0.39, 0.29) is 22.7 Å². The third-order valence-corrected chi connectivity index (χ3v) is 5.39. The molecule has 2 N–H and O–H groups in total. The molecule has 0 spiro atoms. The zero-order valence-electron chi connectivity index (χ0n) is 15.3. The van der Waals surface area contributed by atoms with Crippen molar-refractivity contribution in [3.8, 4) is 11.6 Å². The van der Waals surface area contributed by atoms with E-state index in [1.807, 2.05) is 26.0 Å². The molecule has 1 heterocycles. The third-order valence-electron chi connectivity index (χ3n) is 4.04. The maximum Gasteiger partial charge on any atom is 0.262 e. The molecule has 0 aliphatic heterocycles. The Labute approximate surface area is 171 Å². The molecule has 0 saturated carbocycles. The van der Waals surface area contributed by atoms with Gasteiger partial charge >= 0.3 is 0 Å². The highest BCUT2D eigenvalue weighted by molar-refractivity contribution is 7.99. The van der Waals surface area contributed by atoms with Crippen molar-refractivity contribution in [3.05, 3.63) is 75.0 Å². The lowest BCUT2D eigenvalue weighted by Gasteiger charge is -2.13. The number of aryl methyl sites for hydroxylation is 1. The van der Waals surface area contributed by atoms with Crippen molar-refractivity contribution in [1.82, 2.24) is 9.55 Å². The second-order valence-corrected chi connectivity index (χ2v) is 7.51. The molecule has 2 aromatic carbocycles. The second kappa shape index (κ2) is 8.50. The van der Waals surface area contributed by atoms with Gasteiger partial charge in [-0.15, -0.1) is 0 Å². The molecule has 0 saturated heterocycles. The van der Waals surface area contributed by atoms with E-state index < -0.39 is 5.56 Å². The number of amides is 1. The number of rotatable bonds is 5. The Bertz CT molecular complexity index is 1080. The van der Waals surface area contributed by atoms with Crippen LogP contribution in [0.15, 0.2) is 58.5 Å². The van der Waals surface area contributed by atoms with Gasteiger partial charge in [0, 0.05) is 10.7 Å². The van der Waals surface area contributed by atoms with Crippen LogP contribution in [0.1, 0.15) is 11.1 Å². The highest BCUT2D eigenvalue weighted by atomic mass is 35.5. The summed E-state index contributed by atoms with van der Waals surface area (Å²) in [5, 5.41) is 13.3. The molecule has 0 atom stereocenters. The molecule has 6 nitrogen and oxygen atoms in total. The maximum atomic E-state index is 12.4. The fourth-order valence-corrected chi connectivity index (χ4v) is 3.53. The monoisotopic (exact) mass is 415 g/mol. The Morgan fingerprint density at radius 3 is 2.64 bits per heavy atom. The van der Waals surface area contributed by atoms with Crippen LogP contribution in [0, 0.1) is 13.8 Å². The first-order valence-electron chi connectivity index (χ1n) is 8.43. The van der Waals surface area contributed by atoms with Crippen molar-refractivity contribution in [2.24, 2.45) is 0 Å². The standard InChI is InChI=1S/C20H18ClN3O3S/c1-12-6-8-14(9-7-12)24-19(27)10-17(25)23-20(24)28-11-18(26)22-16-5-3-4-15(21)13(16)2/h3-10,25H,11H2,1-2H3,(H,22,26). The minimum Gasteiger partial charge on any atom is -0.493 e. The predicted octanol–water partition coefficient (Wildman–Crippen LogP) is 3.94. The van der Waals surface area contributed by atoms with Crippen LogP contribution in [0.4, 0.5) is 5.69 Å². The topological polar surface area (TPSA) is 84.2 Å². The maximum absolute atomic E-state index is 12.4. The van der Waals surface area contributed by atoms with E-state index in [1.54, 1.807) is 30.3 Å². The van der Waals surface area contributed by atoms with Crippen LogP contribution in [0.5, 0.6) is 5.88 Å². The summed E-state index contributed by atoms with van der Waals surface area (Å²) in [6.07, 6.45) is 0. The van der Waals surface area contributed by atoms with E-state index in [9.17, 15) is 14.7 Å². The number of carbonyl (C=O) groups excluding carboxylic acids is 1. The number of nitrogens with one attached hydrogen (secondary N) is 1. The number of thioether (sulfide) groups is 1. The number of carbonyl (C=O) groups is 1. The highest BCUT2D eigenvalue weighted by Crippen LogP contribution is 2.24. The summed E-state index contributed by atoms with van der Waals surface area (Å²) in [4.78, 5) is 28.8. The van der Waals surface area contributed by atoms with Crippen LogP contribution in [0.2, 0.25) is 5.02 Å². The summed E-state index contributed by atoms with van der Waals surface area (Å²) in [6.45, 7) is 3.76. The van der Waals surface area contributed by atoms with E-state index in [0.29, 0.717) is 16.4 Å². The molecule has 144 valence electrons. The normalized spacial score (nSPS) is 10.7. The van der Waals surface area contributed by atoms with Crippen molar-refractivity contribution in [1.29, 1.82) is 0 Å². The summed E-state index contributed by atoms with van der Waals surface area (Å²) in [6, 6.07) is 13.6. The number of hydrogen-bond donors (Lipinski definition) is 2. The second-order valence-electron chi connectivity index (χ2n) is 6.16. The molecule has 1 aromatic heterocycles. The van der Waals surface area contributed by atoms with Gasteiger partial charge in [0.15, 0.2) is 5.16 Å². The summed E-state index contributed by atoms with van der Waals surface area (Å²) in [5.74, 6) is -0.654. The quantitative estimate of drug-likeness (QED) is 0.487. The zero-order chi connectivity index (χ0) is 20.3. The lowest BCUT2D eigenvalue weighted by molar-refractivity contribution is -0.113. The molecule has 0 unspecified atom stereocenters. The van der Waals surface area contributed by atoms with E-state index in [0.717, 1.165) is 29.0 Å². The van der Waals surface area contributed by atoms with Crippen LogP contribution in [-0.4, -0.2) is 26.3 Å². The Morgan fingerprint density at radius 1 is 1.21 bits per heavy atom. The first kappa shape index (κ1) is 20.0. The summed E-state index contributed by atoms with van der Waals surface area (Å²) < 4.78 is 1.36. The number of benzene rings is 2. The molecule has 0 aliphatic carbocycles. The van der Waals surface area contributed by atoms with Crippen LogP contribution < -0.4 is 10.9 Å². The van der Waals surface area contributed by atoms with Gasteiger partial charge in [-0.1, -0.05) is 47.1 Å². The van der Waals surface area contributed by atoms with Gasteiger partial charge in [0.1, 0.15) is 0 Å². The van der Waals surface area contributed by atoms with Gasteiger partial charge < -0.3 is 10.4 Å². The molecule has 3 aromatic rings. The number of halogens is 1. The number of aromatic hydroxyl groups is 1. The Hall–Kier alpha value is -2.77. The lowest BCUT2D eigenvalue weighted by Crippen LogP contribution is -2.21. The molecular formula is C20H18ClN3O3S. The SMILES string of the molecule is Cc1ccc(-n2c(SCC(=O)Nc3cccc(Cl)c3C)nc(O)cc2=O)cc1. The van der Waals surface area contributed by atoms with Gasteiger partial charge in [0.2, 0.25) is 11.8 Å². The number of aromatic nitrogens is 2. The number of hydrogen-bond acceptors (Lipinski definition) is 5. The van der Waals surface area contributed by atoms with E-state index in [2.05, 4.69) is 10.3 Å². The number of anilines is 1. The largest absolute Gasteiger partial charge is 0.493 e. The Morgan fingerprint density at radius 2 is 1.93 bits per heavy atom. The average Bonchev–Trinajstić information content (AvgIpc) is 2.64. The lowest BCUT2D eigenvalue weighted by atomic mass is 10.2. The van der Waals surface area contributed by atoms with Crippen LogP contribution in [-0.2, 0) is 4.79 Å². The summed E-state index contributed by atoms with van der Waals surface area (Å²) in [5.41, 5.74) is 2.63. The fourth-order valence-electron chi connectivity index (χ4n) is 2.54. The minimum atomic E-state index is -0.426. The van der Waals surface area contributed by atoms with Crippen molar-refractivity contribution < 1.29 is 9.90 Å². The minimum absolute atomic E-state index is 0.00765. The zero-order valence-corrected chi connectivity index (χ0v) is 16.8. The Balaban J connectivity index is 1.82. The van der Waals surface area contributed by atoms with Gasteiger partial charge in [-0.2, -0.15) is 4.98 Å². The van der Waals surface area contributed by atoms with Gasteiger partial charge in [0.25, 0.3) is 5.56 Å². The van der Waals surface area contributed by atoms with Gasteiger partial charge in [-0.05, 0) is 43.7 Å². The molecule has 3 rings (SSSR count). The van der Waals surface area contributed by atoms with Crippen LogP contribution in [0.25, 0.3) is 5.69 Å². The molecule has 0 radical (unpaired) electrons. The number of nitrogens with zero attached hydrogens (tertiary/aromatic N) is 2. The Kier molecular flexibility index (Phi) is 6.06. The highest BCUT2D eigenvalue weighted by Gasteiger charge is 2.14.